The van der Waals surface area contributed by atoms with Crippen LogP contribution in [-0.4, -0.2) is 29.2 Å². The number of amides is 2. The highest BCUT2D eigenvalue weighted by molar-refractivity contribution is 9.10. The Morgan fingerprint density at radius 1 is 1.17 bits per heavy atom. The van der Waals surface area contributed by atoms with Crippen LogP contribution in [0.4, 0.5) is 9.18 Å². The number of urea groups is 1. The van der Waals surface area contributed by atoms with Crippen molar-refractivity contribution >= 4 is 27.9 Å². The molecule has 2 atom stereocenters. The van der Waals surface area contributed by atoms with Gasteiger partial charge in [0.15, 0.2) is 0 Å². The van der Waals surface area contributed by atoms with Crippen LogP contribution in [0.1, 0.15) is 43.6 Å². The molecule has 1 aromatic carbocycles. The summed E-state index contributed by atoms with van der Waals surface area (Å²) in [6.07, 6.45) is 3.39. The smallest absolute Gasteiger partial charge is 0.315 e. The van der Waals surface area contributed by atoms with E-state index in [0.717, 1.165) is 12.0 Å². The predicted octanol–water partition coefficient (Wildman–Crippen LogP) is 3.39. The lowest BCUT2D eigenvalue weighted by Gasteiger charge is -2.26. The highest BCUT2D eigenvalue weighted by atomic mass is 79.9. The fourth-order valence-corrected chi connectivity index (χ4v) is 3.59. The van der Waals surface area contributed by atoms with E-state index in [-0.39, 0.29) is 35.8 Å². The number of aliphatic carboxylic acids is 1. The third kappa shape index (κ3) is 4.06. The molecule has 3 rings (SSSR count). The summed E-state index contributed by atoms with van der Waals surface area (Å²) in [6.45, 7) is 0. The summed E-state index contributed by atoms with van der Waals surface area (Å²) in [4.78, 5) is 23.0. The summed E-state index contributed by atoms with van der Waals surface area (Å²) in [5.74, 6) is -1.18. The highest BCUT2D eigenvalue weighted by Crippen LogP contribution is 2.41. The molecule has 24 heavy (non-hydrogen) atoms. The second-order valence-corrected chi connectivity index (χ2v) is 7.48. The number of carboxylic acids is 1. The van der Waals surface area contributed by atoms with Crippen LogP contribution in [0.3, 0.4) is 0 Å². The molecule has 0 aliphatic heterocycles. The molecule has 7 heteroatoms. The lowest BCUT2D eigenvalue weighted by atomic mass is 9.86. The molecule has 0 spiro atoms. The van der Waals surface area contributed by atoms with Crippen LogP contribution in [0, 0.1) is 11.7 Å². The van der Waals surface area contributed by atoms with Crippen molar-refractivity contribution in [3.8, 4) is 0 Å². The standard InChI is InChI=1S/C17H20BrFN2O3/c18-13-6-3-10(7-14(13)19)12-8-15(12)21-17(24)20-11-4-1-9(2-5-11)16(22)23/h3,6-7,9,11-12,15H,1-2,4-5,8H2,(H,22,23)(H2,20,21,24)/t9?,11?,12-,15+/m0/s1. The maximum absolute atomic E-state index is 13.6. The number of carboxylic acid groups (broad SMARTS) is 1. The van der Waals surface area contributed by atoms with Gasteiger partial charge >= 0.3 is 12.0 Å². The molecule has 0 bridgehead atoms. The lowest BCUT2D eigenvalue weighted by Crippen LogP contribution is -2.45. The largest absolute Gasteiger partial charge is 0.481 e. The average molecular weight is 399 g/mol. The molecule has 0 unspecified atom stereocenters. The molecule has 0 heterocycles. The Bertz CT molecular complexity index is 647. The van der Waals surface area contributed by atoms with E-state index in [1.807, 2.05) is 6.07 Å². The number of halogens is 2. The van der Waals surface area contributed by atoms with Gasteiger partial charge < -0.3 is 15.7 Å². The van der Waals surface area contributed by atoms with E-state index in [4.69, 9.17) is 5.11 Å². The average Bonchev–Trinajstić information content (AvgIpc) is 3.29. The predicted molar refractivity (Wildman–Crippen MR) is 90.3 cm³/mol. The van der Waals surface area contributed by atoms with Crippen molar-refractivity contribution in [2.75, 3.05) is 0 Å². The van der Waals surface area contributed by atoms with Gasteiger partial charge in [-0.05, 0) is 65.7 Å². The van der Waals surface area contributed by atoms with E-state index < -0.39 is 5.97 Å². The normalized spacial score (nSPS) is 28.9. The Kier molecular flexibility index (Phi) is 5.08. The minimum absolute atomic E-state index is 0.0286. The van der Waals surface area contributed by atoms with Gasteiger partial charge in [-0.15, -0.1) is 0 Å². The van der Waals surface area contributed by atoms with Crippen LogP contribution in [0.25, 0.3) is 0 Å². The molecule has 0 aromatic heterocycles. The Labute approximate surface area is 148 Å². The molecule has 130 valence electrons. The van der Waals surface area contributed by atoms with Gasteiger partial charge in [-0.1, -0.05) is 6.07 Å². The van der Waals surface area contributed by atoms with Gasteiger partial charge in [0.05, 0.1) is 10.4 Å². The lowest BCUT2D eigenvalue weighted by molar-refractivity contribution is -0.142. The zero-order valence-corrected chi connectivity index (χ0v) is 14.7. The van der Waals surface area contributed by atoms with Crippen LogP contribution in [0.5, 0.6) is 0 Å². The molecule has 0 saturated heterocycles. The van der Waals surface area contributed by atoms with Gasteiger partial charge in [0.2, 0.25) is 0 Å². The van der Waals surface area contributed by atoms with Crippen LogP contribution >= 0.6 is 15.9 Å². The van der Waals surface area contributed by atoms with E-state index >= 15 is 0 Å². The summed E-state index contributed by atoms with van der Waals surface area (Å²) < 4.78 is 14.0. The summed E-state index contributed by atoms with van der Waals surface area (Å²) in [7, 11) is 0. The SMILES string of the molecule is O=C(NC1CCC(C(=O)O)CC1)N[C@@H]1C[C@H]1c1ccc(Br)c(F)c1. The highest BCUT2D eigenvalue weighted by Gasteiger charge is 2.40. The van der Waals surface area contributed by atoms with E-state index in [1.54, 1.807) is 6.07 Å². The van der Waals surface area contributed by atoms with Gasteiger partial charge in [0, 0.05) is 18.0 Å². The number of benzene rings is 1. The van der Waals surface area contributed by atoms with Crippen LogP contribution in [0.2, 0.25) is 0 Å². The van der Waals surface area contributed by atoms with Crippen molar-refractivity contribution in [1.82, 2.24) is 10.6 Å². The minimum Gasteiger partial charge on any atom is -0.481 e. The van der Waals surface area contributed by atoms with Crippen LogP contribution in [-0.2, 0) is 4.79 Å². The molecule has 2 fully saturated rings. The molecular weight excluding hydrogens is 379 g/mol. The fourth-order valence-electron chi connectivity index (χ4n) is 3.35. The fraction of sp³-hybridized carbons (Fsp3) is 0.529. The maximum atomic E-state index is 13.6. The second-order valence-electron chi connectivity index (χ2n) is 6.63. The van der Waals surface area contributed by atoms with Gasteiger partial charge in [-0.2, -0.15) is 0 Å². The molecule has 5 nitrogen and oxygen atoms in total. The number of hydrogen-bond donors (Lipinski definition) is 3. The molecule has 2 aliphatic carbocycles. The molecule has 3 N–H and O–H groups in total. The molecule has 2 aliphatic rings. The first-order valence-corrected chi connectivity index (χ1v) is 8.98. The molecule has 2 amide bonds. The van der Waals surface area contributed by atoms with Crippen molar-refractivity contribution in [2.24, 2.45) is 5.92 Å². The first-order chi connectivity index (χ1) is 11.4. The third-order valence-electron chi connectivity index (χ3n) is 4.89. The number of carbonyl (C=O) groups excluding carboxylic acids is 1. The number of carbonyl (C=O) groups is 2. The molecular formula is C17H20BrFN2O3. The molecule has 2 saturated carbocycles. The topological polar surface area (TPSA) is 78.4 Å². The van der Waals surface area contributed by atoms with Crippen molar-refractivity contribution in [3.63, 3.8) is 0 Å². The quantitative estimate of drug-likeness (QED) is 0.727. The summed E-state index contributed by atoms with van der Waals surface area (Å²) >= 11 is 3.13. The zero-order valence-electron chi connectivity index (χ0n) is 13.1. The van der Waals surface area contributed by atoms with Crippen molar-refractivity contribution in [2.45, 2.75) is 50.1 Å². The Morgan fingerprint density at radius 2 is 1.88 bits per heavy atom. The third-order valence-corrected chi connectivity index (χ3v) is 5.53. The van der Waals surface area contributed by atoms with Crippen molar-refractivity contribution < 1.29 is 19.1 Å². The number of hydrogen-bond acceptors (Lipinski definition) is 2. The van der Waals surface area contributed by atoms with Crippen molar-refractivity contribution in [1.29, 1.82) is 0 Å². The Hall–Kier alpha value is -1.63. The van der Waals surface area contributed by atoms with E-state index in [0.29, 0.717) is 30.2 Å². The minimum atomic E-state index is -0.750. The van der Waals surface area contributed by atoms with Gasteiger partial charge in [-0.25, -0.2) is 9.18 Å². The second kappa shape index (κ2) is 7.09. The van der Waals surface area contributed by atoms with Gasteiger partial charge in [-0.3, -0.25) is 4.79 Å². The maximum Gasteiger partial charge on any atom is 0.315 e. The zero-order chi connectivity index (χ0) is 17.3. The molecule has 1 aromatic rings. The number of rotatable bonds is 4. The van der Waals surface area contributed by atoms with Gasteiger partial charge in [0.25, 0.3) is 0 Å². The van der Waals surface area contributed by atoms with E-state index in [1.165, 1.54) is 6.07 Å². The van der Waals surface area contributed by atoms with Crippen LogP contribution < -0.4 is 10.6 Å². The summed E-state index contributed by atoms with van der Waals surface area (Å²) in [5.41, 5.74) is 0.892. The van der Waals surface area contributed by atoms with E-state index in [9.17, 15) is 14.0 Å². The van der Waals surface area contributed by atoms with Crippen LogP contribution in [0.15, 0.2) is 22.7 Å². The Balaban J connectivity index is 1.44. The first-order valence-electron chi connectivity index (χ1n) is 8.19. The molecule has 0 radical (unpaired) electrons. The monoisotopic (exact) mass is 398 g/mol. The summed E-state index contributed by atoms with van der Waals surface area (Å²) in [5, 5.41) is 14.8. The first kappa shape index (κ1) is 17.2. The van der Waals surface area contributed by atoms with Gasteiger partial charge in [0.1, 0.15) is 5.82 Å². The number of nitrogens with one attached hydrogen (secondary N) is 2. The summed E-state index contributed by atoms with van der Waals surface area (Å²) in [6, 6.07) is 4.88. The van der Waals surface area contributed by atoms with Crippen molar-refractivity contribution in [3.05, 3.63) is 34.1 Å². The Morgan fingerprint density at radius 3 is 2.50 bits per heavy atom. The van der Waals surface area contributed by atoms with E-state index in [2.05, 4.69) is 26.6 Å².